The van der Waals surface area contributed by atoms with E-state index in [1.54, 1.807) is 13.0 Å². The second kappa shape index (κ2) is 7.70. The van der Waals surface area contributed by atoms with E-state index in [-0.39, 0.29) is 12.2 Å². The smallest absolute Gasteiger partial charge is 0.339 e. The van der Waals surface area contributed by atoms with E-state index < -0.39 is 5.97 Å². The first-order valence-electron chi connectivity index (χ1n) is 6.20. The molecule has 0 radical (unpaired) electrons. The summed E-state index contributed by atoms with van der Waals surface area (Å²) >= 11 is 0. The summed E-state index contributed by atoms with van der Waals surface area (Å²) in [6.07, 6.45) is 0.716. The lowest BCUT2D eigenvalue weighted by Gasteiger charge is -2.11. The normalized spacial score (nSPS) is 10.5. The second-order valence-corrected chi connectivity index (χ2v) is 4.23. The van der Waals surface area contributed by atoms with E-state index in [2.05, 4.69) is 10.3 Å². The summed E-state index contributed by atoms with van der Waals surface area (Å²) in [6.45, 7) is 5.00. The van der Waals surface area contributed by atoms with Crippen LogP contribution in [0.5, 0.6) is 0 Å². The van der Waals surface area contributed by atoms with Crippen LogP contribution in [0.1, 0.15) is 28.0 Å². The third-order valence-electron chi connectivity index (χ3n) is 2.55. The van der Waals surface area contributed by atoms with Crippen molar-refractivity contribution in [2.75, 3.05) is 31.7 Å². The van der Waals surface area contributed by atoms with Gasteiger partial charge in [-0.25, -0.2) is 9.78 Å². The Kier molecular flexibility index (Phi) is 6.24. The zero-order chi connectivity index (χ0) is 14.3. The topological polar surface area (TPSA) is 91.7 Å². The summed E-state index contributed by atoms with van der Waals surface area (Å²) in [6, 6.07) is 1.75. The Morgan fingerprint density at radius 2 is 2.16 bits per heavy atom. The fraction of sp³-hybridized carbons (Fsp3) is 0.538. The first-order valence-corrected chi connectivity index (χ1v) is 6.20. The van der Waals surface area contributed by atoms with Gasteiger partial charge in [0.2, 0.25) is 0 Å². The number of carboxylic acid groups (broad SMARTS) is 1. The van der Waals surface area contributed by atoms with Gasteiger partial charge in [-0.05, 0) is 31.9 Å². The average Bonchev–Trinajstić information content (AvgIpc) is 2.32. The molecule has 0 aliphatic carbocycles. The van der Waals surface area contributed by atoms with Crippen molar-refractivity contribution in [2.24, 2.45) is 0 Å². The van der Waals surface area contributed by atoms with E-state index in [0.29, 0.717) is 37.6 Å². The van der Waals surface area contributed by atoms with Crippen LogP contribution >= 0.6 is 0 Å². The van der Waals surface area contributed by atoms with Crippen molar-refractivity contribution < 1.29 is 19.7 Å². The van der Waals surface area contributed by atoms with Crippen LogP contribution in [0, 0.1) is 13.8 Å². The molecule has 1 heterocycles. The van der Waals surface area contributed by atoms with Gasteiger partial charge in [0.1, 0.15) is 11.4 Å². The molecule has 0 amide bonds. The highest BCUT2D eigenvalue weighted by Gasteiger charge is 2.15. The van der Waals surface area contributed by atoms with Crippen LogP contribution < -0.4 is 5.32 Å². The van der Waals surface area contributed by atoms with Crippen molar-refractivity contribution in [3.63, 3.8) is 0 Å². The monoisotopic (exact) mass is 268 g/mol. The minimum atomic E-state index is -0.982. The number of rotatable bonds is 8. The number of aromatic carboxylic acids is 1. The highest BCUT2D eigenvalue weighted by atomic mass is 16.5. The number of aliphatic hydroxyl groups excluding tert-OH is 1. The van der Waals surface area contributed by atoms with Crippen molar-refractivity contribution in [1.29, 1.82) is 0 Å². The van der Waals surface area contributed by atoms with Gasteiger partial charge in [0, 0.05) is 18.8 Å². The lowest BCUT2D eigenvalue weighted by molar-refractivity contribution is 0.0696. The zero-order valence-corrected chi connectivity index (χ0v) is 11.3. The molecular formula is C13H20N2O4. The Labute approximate surface area is 112 Å². The number of carboxylic acids is 1. The molecule has 0 unspecified atom stereocenters. The molecule has 3 N–H and O–H groups in total. The predicted molar refractivity (Wildman–Crippen MR) is 71.7 cm³/mol. The van der Waals surface area contributed by atoms with E-state index in [1.165, 1.54) is 0 Å². The Bertz CT molecular complexity index is 435. The Balaban J connectivity index is 2.59. The minimum Gasteiger partial charge on any atom is -0.478 e. The first-order chi connectivity index (χ1) is 9.06. The summed E-state index contributed by atoms with van der Waals surface area (Å²) in [5, 5.41) is 20.7. The van der Waals surface area contributed by atoms with E-state index in [4.69, 9.17) is 9.84 Å². The highest BCUT2D eigenvalue weighted by Crippen LogP contribution is 2.18. The molecular weight excluding hydrogens is 248 g/mol. The molecule has 0 saturated carbocycles. The van der Waals surface area contributed by atoms with E-state index >= 15 is 0 Å². The molecule has 0 aromatic carbocycles. The number of ether oxygens (including phenoxy) is 1. The predicted octanol–water partition coefficient (Wildman–Crippen LogP) is 1.21. The van der Waals surface area contributed by atoms with Crippen molar-refractivity contribution in [3.8, 4) is 0 Å². The van der Waals surface area contributed by atoms with Crippen molar-refractivity contribution >= 4 is 11.8 Å². The van der Waals surface area contributed by atoms with Gasteiger partial charge in [-0.2, -0.15) is 0 Å². The maximum Gasteiger partial charge on any atom is 0.339 e. The maximum absolute atomic E-state index is 11.2. The van der Waals surface area contributed by atoms with E-state index in [0.717, 1.165) is 5.69 Å². The fourth-order valence-electron chi connectivity index (χ4n) is 1.78. The number of carbonyl (C=O) groups is 1. The standard InChI is InChI=1S/C13H20N2O4/c1-9-8-10(2)15-12(11(9)13(17)18)14-4-3-6-19-7-5-16/h8,16H,3-7H2,1-2H3,(H,14,15)(H,17,18). The van der Waals surface area contributed by atoms with E-state index in [1.807, 2.05) is 6.92 Å². The average molecular weight is 268 g/mol. The van der Waals surface area contributed by atoms with Crippen molar-refractivity contribution in [2.45, 2.75) is 20.3 Å². The summed E-state index contributed by atoms with van der Waals surface area (Å²) in [5.74, 6) is -0.587. The number of hydrogen-bond donors (Lipinski definition) is 3. The van der Waals surface area contributed by atoms with Gasteiger partial charge in [0.15, 0.2) is 0 Å². The summed E-state index contributed by atoms with van der Waals surface area (Å²) in [4.78, 5) is 15.4. The Hall–Kier alpha value is -1.66. The lowest BCUT2D eigenvalue weighted by Crippen LogP contribution is -2.13. The van der Waals surface area contributed by atoms with E-state index in [9.17, 15) is 9.90 Å². The quantitative estimate of drug-likeness (QED) is 0.614. The van der Waals surface area contributed by atoms with Crippen LogP contribution in [-0.4, -0.2) is 47.5 Å². The van der Waals surface area contributed by atoms with Gasteiger partial charge in [-0.1, -0.05) is 0 Å². The minimum absolute atomic E-state index is 0.00915. The molecule has 1 aromatic heterocycles. The number of aromatic nitrogens is 1. The number of aryl methyl sites for hydroxylation is 2. The Morgan fingerprint density at radius 1 is 1.42 bits per heavy atom. The number of nitrogens with zero attached hydrogens (tertiary/aromatic N) is 1. The maximum atomic E-state index is 11.2. The summed E-state index contributed by atoms with van der Waals surface area (Å²) in [7, 11) is 0. The van der Waals surface area contributed by atoms with Crippen LogP contribution in [-0.2, 0) is 4.74 Å². The number of pyridine rings is 1. The fourth-order valence-corrected chi connectivity index (χ4v) is 1.78. The molecule has 1 rings (SSSR count). The highest BCUT2D eigenvalue weighted by molar-refractivity contribution is 5.94. The molecule has 0 aliphatic heterocycles. The third kappa shape index (κ3) is 4.84. The molecule has 0 bridgehead atoms. The molecule has 0 atom stereocenters. The van der Waals surface area contributed by atoms with Gasteiger partial charge in [0.25, 0.3) is 0 Å². The number of nitrogens with one attached hydrogen (secondary N) is 1. The molecule has 6 nitrogen and oxygen atoms in total. The third-order valence-corrected chi connectivity index (χ3v) is 2.55. The largest absolute Gasteiger partial charge is 0.478 e. The molecule has 0 aliphatic rings. The van der Waals surface area contributed by atoms with Crippen LogP contribution in [0.4, 0.5) is 5.82 Å². The van der Waals surface area contributed by atoms with Gasteiger partial charge in [0.05, 0.1) is 13.2 Å². The van der Waals surface area contributed by atoms with Crippen LogP contribution in [0.3, 0.4) is 0 Å². The number of aliphatic hydroxyl groups is 1. The molecule has 1 aromatic rings. The summed E-state index contributed by atoms with van der Waals surface area (Å²) < 4.78 is 5.12. The number of anilines is 1. The summed E-state index contributed by atoms with van der Waals surface area (Å²) in [5.41, 5.74) is 1.68. The molecule has 19 heavy (non-hydrogen) atoms. The van der Waals surface area contributed by atoms with Crippen molar-refractivity contribution in [1.82, 2.24) is 4.98 Å². The molecule has 6 heteroatoms. The zero-order valence-electron chi connectivity index (χ0n) is 11.3. The van der Waals surface area contributed by atoms with Gasteiger partial charge >= 0.3 is 5.97 Å². The van der Waals surface area contributed by atoms with Gasteiger partial charge < -0.3 is 20.3 Å². The Morgan fingerprint density at radius 3 is 2.79 bits per heavy atom. The molecule has 0 fully saturated rings. The molecule has 0 saturated heterocycles. The van der Waals surface area contributed by atoms with Gasteiger partial charge in [-0.3, -0.25) is 0 Å². The molecule has 106 valence electrons. The number of hydrogen-bond acceptors (Lipinski definition) is 5. The lowest BCUT2D eigenvalue weighted by atomic mass is 10.1. The molecule has 0 spiro atoms. The van der Waals surface area contributed by atoms with Crippen molar-refractivity contribution in [3.05, 3.63) is 22.9 Å². The second-order valence-electron chi connectivity index (χ2n) is 4.23. The SMILES string of the molecule is Cc1cc(C)c(C(=O)O)c(NCCCOCCO)n1. The van der Waals surface area contributed by atoms with Crippen LogP contribution in [0.25, 0.3) is 0 Å². The first kappa shape index (κ1) is 15.4. The van der Waals surface area contributed by atoms with Crippen LogP contribution in [0.2, 0.25) is 0 Å². The van der Waals surface area contributed by atoms with Crippen LogP contribution in [0.15, 0.2) is 6.07 Å². The van der Waals surface area contributed by atoms with Gasteiger partial charge in [-0.15, -0.1) is 0 Å².